The fraction of sp³-hybridized carbons (Fsp3) is 0.333. The van der Waals surface area contributed by atoms with Crippen molar-refractivity contribution in [3.63, 3.8) is 0 Å². The molecule has 0 bridgehead atoms. The van der Waals surface area contributed by atoms with Gasteiger partial charge in [-0.05, 0) is 11.1 Å². The van der Waals surface area contributed by atoms with Crippen LogP contribution in [0.1, 0.15) is 21.5 Å². The molecule has 0 aliphatic rings. The second-order valence-electron chi connectivity index (χ2n) is 3.43. The van der Waals surface area contributed by atoms with Gasteiger partial charge in [-0.15, -0.1) is 0 Å². The molecule has 0 amide bonds. The third-order valence-electron chi connectivity index (χ3n) is 2.31. The molecular formula is C12H12Br2O3. The zero-order chi connectivity index (χ0) is 12.8. The summed E-state index contributed by atoms with van der Waals surface area (Å²) in [5, 5.41) is 0.833. The molecule has 0 N–H and O–H groups in total. The number of hydrogen-bond donors (Lipinski definition) is 0. The average molecular weight is 364 g/mol. The molecule has 0 aromatic heterocycles. The minimum absolute atomic E-state index is 0.0295. The summed E-state index contributed by atoms with van der Waals surface area (Å²) in [4.78, 5) is 23.2. The van der Waals surface area contributed by atoms with Gasteiger partial charge >= 0.3 is 5.97 Å². The first-order valence-electron chi connectivity index (χ1n) is 4.96. The van der Waals surface area contributed by atoms with E-state index in [-0.39, 0.29) is 17.5 Å². The Kier molecular flexibility index (Phi) is 5.85. The van der Waals surface area contributed by atoms with Gasteiger partial charge in [0, 0.05) is 11.8 Å². The molecule has 1 rings (SSSR count). The largest absolute Gasteiger partial charge is 0.465 e. The highest BCUT2D eigenvalue weighted by Gasteiger charge is 2.17. The van der Waals surface area contributed by atoms with Gasteiger partial charge in [0.15, 0.2) is 0 Å². The number of Topliss-reactive ketones (excluding diaryl/α,β-unsaturated/α-hetero) is 1. The van der Waals surface area contributed by atoms with Crippen molar-refractivity contribution >= 4 is 43.6 Å². The number of esters is 1. The maximum Gasteiger partial charge on any atom is 0.338 e. The molecule has 0 radical (unpaired) electrons. The maximum atomic E-state index is 11.7. The van der Waals surface area contributed by atoms with Crippen LogP contribution in [0, 0.1) is 0 Å². The van der Waals surface area contributed by atoms with Crippen LogP contribution in [-0.4, -0.2) is 24.2 Å². The number of alkyl halides is 2. The molecule has 0 fully saturated rings. The molecule has 0 saturated carbocycles. The van der Waals surface area contributed by atoms with Crippen LogP contribution in [0.15, 0.2) is 18.2 Å². The second-order valence-corrected chi connectivity index (χ2v) is 4.55. The van der Waals surface area contributed by atoms with E-state index < -0.39 is 5.97 Å². The summed E-state index contributed by atoms with van der Waals surface area (Å²) in [6.07, 6.45) is 0.233. The first-order chi connectivity index (χ1) is 8.13. The maximum absolute atomic E-state index is 11.7. The summed E-state index contributed by atoms with van der Waals surface area (Å²) in [6, 6.07) is 5.45. The molecule has 0 heterocycles. The van der Waals surface area contributed by atoms with Crippen LogP contribution in [0.25, 0.3) is 0 Å². The van der Waals surface area contributed by atoms with Gasteiger partial charge in [-0.3, -0.25) is 4.79 Å². The van der Waals surface area contributed by atoms with Crippen molar-refractivity contribution < 1.29 is 14.3 Å². The number of methoxy groups -OCH3 is 1. The Morgan fingerprint density at radius 3 is 2.41 bits per heavy atom. The predicted octanol–water partition coefficient (Wildman–Crippen LogP) is 2.87. The molecule has 0 spiro atoms. The Morgan fingerprint density at radius 2 is 1.88 bits per heavy atom. The van der Waals surface area contributed by atoms with E-state index in [9.17, 15) is 9.59 Å². The molecule has 17 heavy (non-hydrogen) atoms. The number of rotatable bonds is 5. The van der Waals surface area contributed by atoms with Crippen LogP contribution in [0.2, 0.25) is 0 Å². The van der Waals surface area contributed by atoms with Gasteiger partial charge in [-0.25, -0.2) is 4.79 Å². The lowest BCUT2D eigenvalue weighted by Gasteiger charge is -2.10. The highest BCUT2D eigenvalue weighted by molar-refractivity contribution is 9.09. The molecule has 0 aliphatic heterocycles. The molecule has 1 aromatic rings. The van der Waals surface area contributed by atoms with Gasteiger partial charge in [-0.2, -0.15) is 0 Å². The first-order valence-corrected chi connectivity index (χ1v) is 7.21. The number of benzene rings is 1. The third-order valence-corrected chi connectivity index (χ3v) is 3.54. The normalized spacial score (nSPS) is 10.1. The zero-order valence-corrected chi connectivity index (χ0v) is 12.5. The summed E-state index contributed by atoms with van der Waals surface area (Å²) >= 11 is 6.43. The Bertz CT molecular complexity index is 430. The Hall–Kier alpha value is -0.680. The summed E-state index contributed by atoms with van der Waals surface area (Å²) in [7, 11) is 1.34. The summed E-state index contributed by atoms with van der Waals surface area (Å²) < 4.78 is 4.75. The fourth-order valence-electron chi connectivity index (χ4n) is 1.54. The van der Waals surface area contributed by atoms with Crippen molar-refractivity contribution in [1.29, 1.82) is 0 Å². The minimum atomic E-state index is -0.405. The predicted molar refractivity (Wildman–Crippen MR) is 72.9 cm³/mol. The lowest BCUT2D eigenvalue weighted by atomic mass is 9.98. The van der Waals surface area contributed by atoms with E-state index in [0.29, 0.717) is 16.5 Å². The zero-order valence-electron chi connectivity index (χ0n) is 9.33. The second kappa shape index (κ2) is 6.91. The van der Waals surface area contributed by atoms with Crippen LogP contribution in [-0.2, 0) is 21.3 Å². The van der Waals surface area contributed by atoms with Gasteiger partial charge < -0.3 is 4.74 Å². The van der Waals surface area contributed by atoms with Crippen molar-refractivity contribution in [2.45, 2.75) is 11.8 Å². The molecule has 1 aromatic carbocycles. The molecule has 92 valence electrons. The van der Waals surface area contributed by atoms with Crippen molar-refractivity contribution in [3.05, 3.63) is 34.9 Å². The standard InChI is InChI=1S/C12H12Br2O3/c1-17-12(16)11-8(5-10(15)7-14)3-2-4-9(11)6-13/h2-4H,5-7H2,1H3. The van der Waals surface area contributed by atoms with E-state index in [1.54, 1.807) is 6.07 Å². The number of halogens is 2. The summed E-state index contributed by atoms with van der Waals surface area (Å²) in [5.41, 5.74) is 2.02. The van der Waals surface area contributed by atoms with Gasteiger partial charge in [0.2, 0.25) is 0 Å². The first kappa shape index (κ1) is 14.4. The van der Waals surface area contributed by atoms with Crippen molar-refractivity contribution in [2.75, 3.05) is 12.4 Å². The third kappa shape index (κ3) is 3.64. The van der Waals surface area contributed by atoms with E-state index in [4.69, 9.17) is 4.74 Å². The molecule has 0 unspecified atom stereocenters. The van der Waals surface area contributed by atoms with Crippen LogP contribution >= 0.6 is 31.9 Å². The van der Waals surface area contributed by atoms with Crippen LogP contribution < -0.4 is 0 Å². The lowest BCUT2D eigenvalue weighted by molar-refractivity contribution is -0.115. The molecule has 3 nitrogen and oxygen atoms in total. The van der Waals surface area contributed by atoms with E-state index in [1.807, 2.05) is 12.1 Å². The van der Waals surface area contributed by atoms with Crippen molar-refractivity contribution in [3.8, 4) is 0 Å². The van der Waals surface area contributed by atoms with Gasteiger partial charge in [0.05, 0.1) is 18.0 Å². The van der Waals surface area contributed by atoms with E-state index >= 15 is 0 Å². The quantitative estimate of drug-likeness (QED) is 0.596. The highest BCUT2D eigenvalue weighted by Crippen LogP contribution is 2.19. The molecule has 0 saturated heterocycles. The minimum Gasteiger partial charge on any atom is -0.465 e. The van der Waals surface area contributed by atoms with Crippen LogP contribution in [0.4, 0.5) is 0 Å². The van der Waals surface area contributed by atoms with Crippen molar-refractivity contribution in [2.24, 2.45) is 0 Å². The Balaban J connectivity index is 3.19. The SMILES string of the molecule is COC(=O)c1c(CBr)cccc1CC(=O)CBr. The van der Waals surface area contributed by atoms with Gasteiger partial charge in [-0.1, -0.05) is 50.1 Å². The van der Waals surface area contributed by atoms with Gasteiger partial charge in [0.1, 0.15) is 5.78 Å². The molecular weight excluding hydrogens is 352 g/mol. The number of ether oxygens (including phenoxy) is 1. The summed E-state index contributed by atoms with van der Waals surface area (Å²) in [5.74, 6) is -0.376. The molecule has 0 atom stereocenters. The number of ketones is 1. The Labute approximate surface area is 117 Å². The topological polar surface area (TPSA) is 43.4 Å². The van der Waals surface area contributed by atoms with E-state index in [0.717, 1.165) is 5.56 Å². The lowest BCUT2D eigenvalue weighted by Crippen LogP contribution is -2.13. The van der Waals surface area contributed by atoms with E-state index in [2.05, 4.69) is 31.9 Å². The van der Waals surface area contributed by atoms with Crippen LogP contribution in [0.5, 0.6) is 0 Å². The van der Waals surface area contributed by atoms with Crippen LogP contribution in [0.3, 0.4) is 0 Å². The van der Waals surface area contributed by atoms with E-state index in [1.165, 1.54) is 7.11 Å². The summed E-state index contributed by atoms with van der Waals surface area (Å²) in [6.45, 7) is 0. The molecule has 5 heteroatoms. The average Bonchev–Trinajstić information content (AvgIpc) is 2.37. The monoisotopic (exact) mass is 362 g/mol. The smallest absolute Gasteiger partial charge is 0.338 e. The number of hydrogen-bond acceptors (Lipinski definition) is 3. The number of carbonyl (C=O) groups is 2. The Morgan fingerprint density at radius 1 is 1.24 bits per heavy atom. The molecule has 0 aliphatic carbocycles. The highest BCUT2D eigenvalue weighted by atomic mass is 79.9. The number of carbonyl (C=O) groups excluding carboxylic acids is 2. The van der Waals surface area contributed by atoms with Crippen molar-refractivity contribution in [1.82, 2.24) is 0 Å². The van der Waals surface area contributed by atoms with Gasteiger partial charge in [0.25, 0.3) is 0 Å². The fourth-order valence-corrected chi connectivity index (χ4v) is 2.20.